The molecule has 3 rings (SSSR count). The Morgan fingerprint density at radius 1 is 1.19 bits per heavy atom. The van der Waals surface area contributed by atoms with Gasteiger partial charge in [-0.3, -0.25) is 0 Å². The van der Waals surface area contributed by atoms with Gasteiger partial charge in [0.2, 0.25) is 0 Å². The van der Waals surface area contributed by atoms with Gasteiger partial charge in [0.1, 0.15) is 29.6 Å². The molecule has 1 fully saturated rings. The standard InChI is InChI=1S/C13H13F2N3O3/c14-9-5-8(11-7-21-13(19)17-16-11)6-10(15)12(9)18-1-3-20-4-2-18/h5-6H,1-4,7H2,(H,17,19). The van der Waals surface area contributed by atoms with Crippen LogP contribution < -0.4 is 10.3 Å². The average Bonchev–Trinajstić information content (AvgIpc) is 2.48. The highest BCUT2D eigenvalue weighted by Gasteiger charge is 2.22. The Morgan fingerprint density at radius 2 is 1.86 bits per heavy atom. The third-order valence-corrected chi connectivity index (χ3v) is 3.30. The van der Waals surface area contributed by atoms with Gasteiger partial charge in [-0.25, -0.2) is 19.0 Å². The zero-order valence-electron chi connectivity index (χ0n) is 11.1. The number of hydrogen-bond acceptors (Lipinski definition) is 5. The number of cyclic esters (lactones) is 1. The molecule has 1 amide bonds. The second-order valence-electron chi connectivity index (χ2n) is 4.63. The number of anilines is 1. The molecular formula is C13H13F2N3O3. The van der Waals surface area contributed by atoms with Crippen LogP contribution in [-0.2, 0) is 9.47 Å². The number of carbonyl (C=O) groups is 1. The Bertz CT molecular complexity index is 577. The zero-order valence-corrected chi connectivity index (χ0v) is 11.1. The number of ether oxygens (including phenoxy) is 2. The smallest absolute Gasteiger partial charge is 0.428 e. The lowest BCUT2D eigenvalue weighted by Crippen LogP contribution is -2.37. The monoisotopic (exact) mass is 297 g/mol. The summed E-state index contributed by atoms with van der Waals surface area (Å²) in [6.45, 7) is 1.63. The summed E-state index contributed by atoms with van der Waals surface area (Å²) in [4.78, 5) is 12.4. The van der Waals surface area contributed by atoms with Crippen molar-refractivity contribution in [2.45, 2.75) is 0 Å². The van der Waals surface area contributed by atoms with Crippen molar-refractivity contribution in [2.75, 3.05) is 37.8 Å². The van der Waals surface area contributed by atoms with Gasteiger partial charge in [-0.1, -0.05) is 0 Å². The normalized spacial score (nSPS) is 18.9. The highest BCUT2D eigenvalue weighted by atomic mass is 19.1. The third-order valence-electron chi connectivity index (χ3n) is 3.30. The molecular weight excluding hydrogens is 284 g/mol. The number of nitrogens with zero attached hydrogens (tertiary/aromatic N) is 2. The number of nitrogens with one attached hydrogen (secondary N) is 1. The van der Waals surface area contributed by atoms with Crippen LogP contribution in [0.4, 0.5) is 19.3 Å². The quantitative estimate of drug-likeness (QED) is 0.892. The van der Waals surface area contributed by atoms with E-state index in [4.69, 9.17) is 9.47 Å². The molecule has 0 bridgehead atoms. The number of hydrogen-bond donors (Lipinski definition) is 1. The summed E-state index contributed by atoms with van der Waals surface area (Å²) < 4.78 is 38.3. The number of carbonyl (C=O) groups excluding carboxylic acids is 1. The minimum atomic E-state index is -0.690. The fraction of sp³-hybridized carbons (Fsp3) is 0.385. The summed E-state index contributed by atoms with van der Waals surface area (Å²) >= 11 is 0. The molecule has 0 radical (unpaired) electrons. The molecule has 6 nitrogen and oxygen atoms in total. The second-order valence-corrected chi connectivity index (χ2v) is 4.63. The Hall–Kier alpha value is -2.22. The van der Waals surface area contributed by atoms with Crippen molar-refractivity contribution < 1.29 is 23.0 Å². The minimum Gasteiger partial charge on any atom is -0.442 e. The van der Waals surface area contributed by atoms with Crippen molar-refractivity contribution in [1.29, 1.82) is 0 Å². The molecule has 2 aliphatic rings. The summed E-state index contributed by atoms with van der Waals surface area (Å²) in [6.07, 6.45) is -0.690. The third kappa shape index (κ3) is 2.80. The summed E-state index contributed by atoms with van der Waals surface area (Å²) in [5.74, 6) is -1.35. The molecule has 0 saturated carbocycles. The lowest BCUT2D eigenvalue weighted by Gasteiger charge is -2.29. The van der Waals surface area contributed by atoms with Crippen LogP contribution in [0.15, 0.2) is 17.2 Å². The molecule has 1 aromatic rings. The van der Waals surface area contributed by atoms with Crippen LogP contribution in [-0.4, -0.2) is 44.7 Å². The van der Waals surface area contributed by atoms with E-state index >= 15 is 0 Å². The van der Waals surface area contributed by atoms with Gasteiger partial charge < -0.3 is 14.4 Å². The van der Waals surface area contributed by atoms with Crippen LogP contribution in [0.3, 0.4) is 0 Å². The number of morpholine rings is 1. The number of amides is 1. The molecule has 1 saturated heterocycles. The average molecular weight is 297 g/mol. The van der Waals surface area contributed by atoms with Crippen molar-refractivity contribution in [1.82, 2.24) is 5.43 Å². The van der Waals surface area contributed by atoms with Gasteiger partial charge in [0.15, 0.2) is 0 Å². The summed E-state index contributed by atoms with van der Waals surface area (Å²) in [7, 11) is 0. The van der Waals surface area contributed by atoms with Crippen LogP contribution in [0.1, 0.15) is 5.56 Å². The molecule has 2 aliphatic heterocycles. The largest absolute Gasteiger partial charge is 0.442 e. The van der Waals surface area contributed by atoms with E-state index in [0.717, 1.165) is 0 Å². The summed E-state index contributed by atoms with van der Waals surface area (Å²) in [5.41, 5.74) is 2.54. The number of hydrazone groups is 1. The fourth-order valence-corrected chi connectivity index (χ4v) is 2.28. The Kier molecular flexibility index (Phi) is 3.70. The van der Waals surface area contributed by atoms with E-state index in [1.54, 1.807) is 4.90 Å². The first-order chi connectivity index (χ1) is 10.1. The first kappa shape index (κ1) is 13.7. The predicted molar refractivity (Wildman–Crippen MR) is 70.4 cm³/mol. The first-order valence-corrected chi connectivity index (χ1v) is 6.46. The molecule has 0 aromatic heterocycles. The van der Waals surface area contributed by atoms with E-state index in [1.807, 2.05) is 0 Å². The van der Waals surface area contributed by atoms with E-state index in [9.17, 15) is 13.6 Å². The van der Waals surface area contributed by atoms with Gasteiger partial charge >= 0.3 is 6.09 Å². The molecule has 0 unspecified atom stereocenters. The van der Waals surface area contributed by atoms with Crippen LogP contribution >= 0.6 is 0 Å². The van der Waals surface area contributed by atoms with Crippen LogP contribution in [0.2, 0.25) is 0 Å². The topological polar surface area (TPSA) is 63.2 Å². The number of rotatable bonds is 2. The second kappa shape index (κ2) is 5.65. The molecule has 112 valence electrons. The lowest BCUT2D eigenvalue weighted by atomic mass is 10.1. The van der Waals surface area contributed by atoms with Gasteiger partial charge in [0, 0.05) is 18.7 Å². The molecule has 0 aliphatic carbocycles. The van der Waals surface area contributed by atoms with Crippen LogP contribution in [0.5, 0.6) is 0 Å². The molecule has 8 heteroatoms. The highest BCUT2D eigenvalue weighted by molar-refractivity contribution is 6.03. The fourth-order valence-electron chi connectivity index (χ4n) is 2.28. The Morgan fingerprint density at radius 3 is 2.43 bits per heavy atom. The van der Waals surface area contributed by atoms with E-state index in [0.29, 0.717) is 26.3 Å². The van der Waals surface area contributed by atoms with Gasteiger partial charge in [-0.15, -0.1) is 0 Å². The van der Waals surface area contributed by atoms with Gasteiger partial charge in [0.05, 0.1) is 13.2 Å². The van der Waals surface area contributed by atoms with E-state index in [1.165, 1.54) is 12.1 Å². The van der Waals surface area contributed by atoms with E-state index in [2.05, 4.69) is 10.5 Å². The van der Waals surface area contributed by atoms with Crippen molar-refractivity contribution >= 4 is 17.5 Å². The highest BCUT2D eigenvalue weighted by Crippen LogP contribution is 2.26. The molecule has 1 N–H and O–H groups in total. The number of halogens is 2. The van der Waals surface area contributed by atoms with Crippen molar-refractivity contribution in [2.24, 2.45) is 5.10 Å². The van der Waals surface area contributed by atoms with Crippen LogP contribution in [0.25, 0.3) is 0 Å². The minimum absolute atomic E-state index is 0.0663. The molecule has 21 heavy (non-hydrogen) atoms. The molecule has 2 heterocycles. The lowest BCUT2D eigenvalue weighted by molar-refractivity contribution is 0.122. The van der Waals surface area contributed by atoms with E-state index < -0.39 is 17.7 Å². The first-order valence-electron chi connectivity index (χ1n) is 6.46. The maximum Gasteiger partial charge on any atom is 0.428 e. The summed E-state index contributed by atoms with van der Waals surface area (Å²) in [5, 5.41) is 3.73. The van der Waals surface area contributed by atoms with Crippen molar-refractivity contribution in [3.63, 3.8) is 0 Å². The predicted octanol–water partition coefficient (Wildman–Crippen LogP) is 1.25. The molecule has 1 aromatic carbocycles. The van der Waals surface area contributed by atoms with Crippen molar-refractivity contribution in [3.05, 3.63) is 29.3 Å². The molecule has 0 atom stereocenters. The van der Waals surface area contributed by atoms with Gasteiger partial charge in [-0.05, 0) is 12.1 Å². The van der Waals surface area contributed by atoms with E-state index in [-0.39, 0.29) is 23.6 Å². The maximum atomic E-state index is 14.2. The van der Waals surface area contributed by atoms with Crippen LogP contribution in [0, 0.1) is 11.6 Å². The Labute approximate surface area is 119 Å². The maximum absolute atomic E-state index is 14.2. The van der Waals surface area contributed by atoms with Crippen molar-refractivity contribution in [3.8, 4) is 0 Å². The SMILES string of the molecule is O=C1NN=C(c2cc(F)c(N3CCOCC3)c(F)c2)CO1. The molecule has 0 spiro atoms. The summed E-state index contributed by atoms with van der Waals surface area (Å²) in [6, 6.07) is 2.38. The van der Waals surface area contributed by atoms with Gasteiger partial charge in [-0.2, -0.15) is 5.10 Å². The number of benzene rings is 1. The van der Waals surface area contributed by atoms with Gasteiger partial charge in [0.25, 0.3) is 0 Å². The Balaban J connectivity index is 1.90. The zero-order chi connectivity index (χ0) is 14.8.